The molecule has 0 unspecified atom stereocenters. The Bertz CT molecular complexity index is 39.2. The first-order valence-corrected chi connectivity index (χ1v) is 2.47. The van der Waals surface area contributed by atoms with Crippen LogP contribution in [0.3, 0.4) is 0 Å². The molecule has 1 radical (unpaired) electrons. The van der Waals surface area contributed by atoms with E-state index < -0.39 is 0 Å². The van der Waals surface area contributed by atoms with E-state index in [-0.39, 0.29) is 0 Å². The van der Waals surface area contributed by atoms with Crippen molar-refractivity contribution in [2.24, 2.45) is 0 Å². The van der Waals surface area contributed by atoms with Crippen LogP contribution in [0.15, 0.2) is 6.08 Å². The molecule has 6 heavy (non-hydrogen) atoms. The average Bonchev–Trinajstić information content (AvgIpc) is 1.61. The summed E-state index contributed by atoms with van der Waals surface area (Å²) in [5, 5.41) is 0. The van der Waals surface area contributed by atoms with Crippen LogP contribution in [-0.4, -0.2) is 0 Å². The lowest BCUT2D eigenvalue weighted by atomic mass is 10.3. The van der Waals surface area contributed by atoms with Crippen molar-refractivity contribution in [3.8, 4) is 0 Å². The number of unbranched alkanes of at least 4 members (excludes halogenated alkanes) is 1. The van der Waals surface area contributed by atoms with Gasteiger partial charge in [-0.1, -0.05) is 31.0 Å². The average molecular weight is 104 g/mol. The van der Waals surface area contributed by atoms with Crippen molar-refractivity contribution in [1.29, 1.82) is 0 Å². The van der Waals surface area contributed by atoms with Gasteiger partial charge in [-0.2, -0.15) is 0 Å². The van der Waals surface area contributed by atoms with E-state index in [1.807, 2.05) is 6.08 Å². The number of rotatable bonds is 2. The minimum Gasteiger partial charge on any atom is -0.0831 e. The minimum atomic E-state index is 1.05. The molecule has 0 bridgehead atoms. The highest BCUT2D eigenvalue weighted by Gasteiger charge is 1.66. The molecule has 35 valence electrons. The van der Waals surface area contributed by atoms with Gasteiger partial charge in [-0.3, -0.25) is 0 Å². The standard InChI is InChI=1S/C5H8Cl/c1-2-3-4-5-6/h4H,2-3H2,1H3. The summed E-state index contributed by atoms with van der Waals surface area (Å²) in [5.74, 6) is 0. The highest BCUT2D eigenvalue weighted by Crippen LogP contribution is 1.87. The largest absolute Gasteiger partial charge is 0.0831 e. The molecule has 0 aliphatic rings. The molecule has 0 fully saturated rings. The van der Waals surface area contributed by atoms with Gasteiger partial charge in [0.15, 0.2) is 0 Å². The fourth-order valence-electron chi connectivity index (χ4n) is 0.199. The van der Waals surface area contributed by atoms with Crippen LogP contribution in [-0.2, 0) is 0 Å². The van der Waals surface area contributed by atoms with Crippen molar-refractivity contribution < 1.29 is 0 Å². The molecular weight excluding hydrogens is 95.5 g/mol. The van der Waals surface area contributed by atoms with E-state index in [9.17, 15) is 0 Å². The summed E-state index contributed by atoms with van der Waals surface area (Å²) in [4.78, 5) is 0. The van der Waals surface area contributed by atoms with Crippen molar-refractivity contribution in [3.63, 3.8) is 0 Å². The van der Waals surface area contributed by atoms with Gasteiger partial charge in [0.1, 0.15) is 0 Å². The van der Waals surface area contributed by atoms with Crippen molar-refractivity contribution in [2.45, 2.75) is 19.8 Å². The fourth-order valence-corrected chi connectivity index (χ4v) is 0.308. The Morgan fingerprint density at radius 3 is 2.67 bits per heavy atom. The maximum absolute atomic E-state index is 5.07. The highest BCUT2D eigenvalue weighted by atomic mass is 35.5. The van der Waals surface area contributed by atoms with Crippen molar-refractivity contribution in [1.82, 2.24) is 0 Å². The van der Waals surface area contributed by atoms with E-state index in [0.717, 1.165) is 12.8 Å². The zero-order chi connectivity index (χ0) is 4.83. The van der Waals surface area contributed by atoms with Crippen LogP contribution in [0.1, 0.15) is 19.8 Å². The number of allylic oxidation sites excluding steroid dienone is 1. The Kier molecular flexibility index (Phi) is 5.06. The molecule has 0 aliphatic carbocycles. The molecule has 0 saturated carbocycles. The van der Waals surface area contributed by atoms with Crippen LogP contribution in [0.2, 0.25) is 0 Å². The molecule has 0 saturated heterocycles. The number of hydrogen-bond donors (Lipinski definition) is 0. The SMILES string of the molecule is CCC/C=[C]\Cl. The van der Waals surface area contributed by atoms with Gasteiger partial charge in [0, 0.05) is 0 Å². The van der Waals surface area contributed by atoms with E-state index >= 15 is 0 Å². The monoisotopic (exact) mass is 103 g/mol. The van der Waals surface area contributed by atoms with E-state index in [4.69, 9.17) is 11.6 Å². The van der Waals surface area contributed by atoms with Crippen LogP contribution in [0.4, 0.5) is 0 Å². The van der Waals surface area contributed by atoms with E-state index in [1.165, 1.54) is 0 Å². The lowest BCUT2D eigenvalue weighted by molar-refractivity contribution is 0.958. The smallest absolute Gasteiger partial charge is 0.0549 e. The highest BCUT2D eigenvalue weighted by molar-refractivity contribution is 6.22. The molecule has 0 aromatic heterocycles. The Morgan fingerprint density at radius 2 is 2.50 bits per heavy atom. The van der Waals surface area contributed by atoms with Crippen LogP contribution in [0.25, 0.3) is 0 Å². The molecule has 0 heterocycles. The number of hydrogen-bond acceptors (Lipinski definition) is 0. The van der Waals surface area contributed by atoms with Gasteiger partial charge in [-0.25, -0.2) is 0 Å². The Labute approximate surface area is 43.8 Å². The van der Waals surface area contributed by atoms with Crippen LogP contribution >= 0.6 is 11.6 Å². The molecule has 0 aromatic rings. The molecule has 0 nitrogen and oxygen atoms in total. The van der Waals surface area contributed by atoms with Crippen molar-refractivity contribution >= 4 is 11.6 Å². The summed E-state index contributed by atoms with van der Waals surface area (Å²) in [6.45, 7) is 2.10. The van der Waals surface area contributed by atoms with Gasteiger partial charge in [0.05, 0.1) is 5.54 Å². The predicted octanol–water partition coefficient (Wildman–Crippen LogP) is 2.34. The predicted molar refractivity (Wildman–Crippen MR) is 28.6 cm³/mol. The molecule has 0 spiro atoms. The molecule has 0 aliphatic heterocycles. The first-order chi connectivity index (χ1) is 2.91. The molecule has 0 amide bonds. The van der Waals surface area contributed by atoms with Crippen LogP contribution < -0.4 is 0 Å². The zero-order valence-corrected chi connectivity index (χ0v) is 4.63. The summed E-state index contributed by atoms with van der Waals surface area (Å²) in [5.41, 5.74) is 2.42. The van der Waals surface area contributed by atoms with Gasteiger partial charge in [0.2, 0.25) is 0 Å². The van der Waals surface area contributed by atoms with E-state index in [2.05, 4.69) is 12.5 Å². The lowest BCUT2D eigenvalue weighted by Crippen LogP contribution is -1.55. The number of halogens is 1. The van der Waals surface area contributed by atoms with Gasteiger partial charge in [0.25, 0.3) is 0 Å². The summed E-state index contributed by atoms with van der Waals surface area (Å²) in [6.07, 6.45) is 4.02. The second-order valence-electron chi connectivity index (χ2n) is 1.10. The molecular formula is C5H8Cl. The summed E-state index contributed by atoms with van der Waals surface area (Å²) < 4.78 is 0. The molecule has 0 rings (SSSR count). The summed E-state index contributed by atoms with van der Waals surface area (Å²) in [7, 11) is 0. The summed E-state index contributed by atoms with van der Waals surface area (Å²) >= 11 is 5.07. The van der Waals surface area contributed by atoms with Gasteiger partial charge >= 0.3 is 0 Å². The van der Waals surface area contributed by atoms with Crippen molar-refractivity contribution in [3.05, 3.63) is 11.6 Å². The maximum atomic E-state index is 5.07. The molecule has 0 N–H and O–H groups in total. The Morgan fingerprint density at radius 1 is 1.83 bits per heavy atom. The summed E-state index contributed by atoms with van der Waals surface area (Å²) in [6, 6.07) is 0. The molecule has 0 aromatic carbocycles. The van der Waals surface area contributed by atoms with Gasteiger partial charge in [-0.05, 0) is 6.42 Å². The maximum Gasteiger partial charge on any atom is 0.0549 e. The second-order valence-corrected chi connectivity index (χ2v) is 1.32. The minimum absolute atomic E-state index is 1.05. The second kappa shape index (κ2) is 5.03. The lowest BCUT2D eigenvalue weighted by Gasteiger charge is -1.74. The first kappa shape index (κ1) is 6.03. The molecule has 1 heteroatoms. The Balaban J connectivity index is 2.66. The van der Waals surface area contributed by atoms with Crippen molar-refractivity contribution in [2.75, 3.05) is 0 Å². The van der Waals surface area contributed by atoms with Gasteiger partial charge < -0.3 is 0 Å². The van der Waals surface area contributed by atoms with E-state index in [1.54, 1.807) is 0 Å². The van der Waals surface area contributed by atoms with Crippen LogP contribution in [0.5, 0.6) is 0 Å². The third-order valence-corrected chi connectivity index (χ3v) is 0.664. The van der Waals surface area contributed by atoms with Crippen LogP contribution in [0, 0.1) is 5.54 Å². The molecule has 0 atom stereocenters. The quantitative estimate of drug-likeness (QED) is 0.503. The fraction of sp³-hybridized carbons (Fsp3) is 0.600. The zero-order valence-electron chi connectivity index (χ0n) is 3.87. The topological polar surface area (TPSA) is 0 Å². The third kappa shape index (κ3) is 4.03. The third-order valence-electron chi connectivity index (χ3n) is 0.510. The first-order valence-electron chi connectivity index (χ1n) is 2.09. The van der Waals surface area contributed by atoms with E-state index in [0.29, 0.717) is 0 Å². The Hall–Kier alpha value is 0.0300. The normalized spacial score (nSPS) is 10.3. The van der Waals surface area contributed by atoms with Gasteiger partial charge in [-0.15, -0.1) is 0 Å².